The highest BCUT2D eigenvalue weighted by atomic mass is 16.5. The van der Waals surface area contributed by atoms with Crippen LogP contribution in [0.1, 0.15) is 44.4 Å². The van der Waals surface area contributed by atoms with Crippen LogP contribution in [0, 0.1) is 0 Å². The molecule has 5 rings (SSSR count). The first-order valence-corrected chi connectivity index (χ1v) is 11.4. The van der Waals surface area contributed by atoms with Gasteiger partial charge >= 0.3 is 0 Å². The predicted octanol–water partition coefficient (Wildman–Crippen LogP) is 3.34. The number of aryl methyl sites for hydroxylation is 1. The van der Waals surface area contributed by atoms with E-state index in [0.29, 0.717) is 22.6 Å². The lowest BCUT2D eigenvalue weighted by atomic mass is 10.1. The Bertz CT molecular complexity index is 1210. The van der Waals surface area contributed by atoms with Crippen molar-refractivity contribution < 1.29 is 19.1 Å². The number of morpholine rings is 1. The van der Waals surface area contributed by atoms with E-state index in [4.69, 9.17) is 15.2 Å². The van der Waals surface area contributed by atoms with E-state index in [9.17, 15) is 9.59 Å². The van der Waals surface area contributed by atoms with Crippen molar-refractivity contribution in [2.24, 2.45) is 5.73 Å². The predicted molar refractivity (Wildman–Crippen MR) is 128 cm³/mol. The summed E-state index contributed by atoms with van der Waals surface area (Å²) in [7, 11) is 0. The molecule has 2 heterocycles. The van der Waals surface area contributed by atoms with Crippen LogP contribution in [0.25, 0.3) is 0 Å². The van der Waals surface area contributed by atoms with Crippen molar-refractivity contribution in [1.29, 1.82) is 0 Å². The Kier molecular flexibility index (Phi) is 6.14. The van der Waals surface area contributed by atoms with Gasteiger partial charge in [0.25, 0.3) is 5.91 Å². The Balaban J connectivity index is 1.27. The van der Waals surface area contributed by atoms with Crippen LogP contribution in [0.2, 0.25) is 0 Å². The van der Waals surface area contributed by atoms with Crippen LogP contribution >= 0.6 is 0 Å². The number of ether oxygens (including phenoxy) is 2. The third-order valence-corrected chi connectivity index (χ3v) is 6.21. The minimum Gasteiger partial charge on any atom is -0.484 e. The molecule has 0 spiro atoms. The second-order valence-electron chi connectivity index (χ2n) is 8.43. The highest BCUT2D eigenvalue weighted by molar-refractivity contribution is 6.04. The summed E-state index contributed by atoms with van der Waals surface area (Å²) in [5, 5.41) is 2.99. The second-order valence-corrected chi connectivity index (χ2v) is 8.43. The largest absolute Gasteiger partial charge is 0.484 e. The SMILES string of the molecule is NC(=O)c1cncc(OC2CCc3ccc(NC(=O)c4ccc(N5CCOCC5)cc4)cc32)c1. The molecule has 3 N–H and O–H groups in total. The lowest BCUT2D eigenvalue weighted by Crippen LogP contribution is -2.36. The summed E-state index contributed by atoms with van der Waals surface area (Å²) < 4.78 is 11.5. The van der Waals surface area contributed by atoms with Gasteiger partial charge in [-0.1, -0.05) is 6.07 Å². The van der Waals surface area contributed by atoms with Gasteiger partial charge in [0.15, 0.2) is 0 Å². The summed E-state index contributed by atoms with van der Waals surface area (Å²) in [4.78, 5) is 30.6. The van der Waals surface area contributed by atoms with E-state index >= 15 is 0 Å². The van der Waals surface area contributed by atoms with Gasteiger partial charge in [-0.25, -0.2) is 0 Å². The van der Waals surface area contributed by atoms with E-state index in [1.165, 1.54) is 11.8 Å². The molecular formula is C26H26N4O4. The number of rotatable bonds is 6. The van der Waals surface area contributed by atoms with Crippen LogP contribution in [0.3, 0.4) is 0 Å². The number of hydrogen-bond acceptors (Lipinski definition) is 6. The smallest absolute Gasteiger partial charge is 0.255 e. The number of nitrogens with two attached hydrogens (primary N) is 1. The quantitative estimate of drug-likeness (QED) is 0.587. The van der Waals surface area contributed by atoms with Gasteiger partial charge in [-0.15, -0.1) is 0 Å². The van der Waals surface area contributed by atoms with Gasteiger partial charge in [-0.05, 0) is 66.4 Å². The zero-order valence-corrected chi connectivity index (χ0v) is 18.7. The first-order valence-electron chi connectivity index (χ1n) is 11.4. The number of nitrogens with one attached hydrogen (secondary N) is 1. The average Bonchev–Trinajstić information content (AvgIpc) is 3.26. The molecule has 0 saturated carbocycles. The van der Waals surface area contributed by atoms with Crippen molar-refractivity contribution in [2.45, 2.75) is 18.9 Å². The minimum absolute atomic E-state index is 0.165. The fraction of sp³-hybridized carbons (Fsp3) is 0.269. The molecule has 1 atom stereocenters. The molecule has 2 amide bonds. The minimum atomic E-state index is -0.548. The molecule has 1 unspecified atom stereocenters. The lowest BCUT2D eigenvalue weighted by molar-refractivity contribution is 0.0996. The van der Waals surface area contributed by atoms with E-state index < -0.39 is 5.91 Å². The van der Waals surface area contributed by atoms with Gasteiger partial charge in [0.1, 0.15) is 11.9 Å². The molecule has 174 valence electrons. The normalized spacial score (nSPS) is 17.2. The molecule has 8 heteroatoms. The van der Waals surface area contributed by atoms with Gasteiger partial charge in [0.05, 0.1) is 25.0 Å². The number of amides is 2. The van der Waals surface area contributed by atoms with Crippen LogP contribution in [0.4, 0.5) is 11.4 Å². The van der Waals surface area contributed by atoms with Crippen molar-refractivity contribution in [3.8, 4) is 5.75 Å². The van der Waals surface area contributed by atoms with Crippen molar-refractivity contribution in [1.82, 2.24) is 4.98 Å². The van der Waals surface area contributed by atoms with Gasteiger partial charge in [-0.3, -0.25) is 14.6 Å². The zero-order chi connectivity index (χ0) is 23.5. The van der Waals surface area contributed by atoms with Crippen molar-refractivity contribution in [3.05, 3.63) is 83.2 Å². The standard InChI is InChI=1S/C26H26N4O4/c27-25(31)19-13-22(16-28-15-19)34-24-8-4-17-1-5-20(14-23(17)24)29-26(32)18-2-6-21(7-3-18)30-9-11-33-12-10-30/h1-3,5-7,13-16,24H,4,8-12H2,(H2,27,31)(H,29,32). The molecule has 1 aliphatic carbocycles. The summed E-state index contributed by atoms with van der Waals surface area (Å²) >= 11 is 0. The molecule has 0 bridgehead atoms. The Morgan fingerprint density at radius 2 is 1.82 bits per heavy atom. The number of pyridine rings is 1. The number of carbonyl (C=O) groups is 2. The third-order valence-electron chi connectivity index (χ3n) is 6.21. The Morgan fingerprint density at radius 3 is 2.59 bits per heavy atom. The van der Waals surface area contributed by atoms with E-state index in [-0.39, 0.29) is 12.0 Å². The number of carbonyl (C=O) groups excluding carboxylic acids is 2. The number of fused-ring (bicyclic) bond motifs is 1. The van der Waals surface area contributed by atoms with Crippen LogP contribution in [-0.4, -0.2) is 43.1 Å². The Morgan fingerprint density at radius 1 is 1.03 bits per heavy atom. The molecule has 1 fully saturated rings. The highest BCUT2D eigenvalue weighted by Gasteiger charge is 2.25. The molecule has 3 aromatic rings. The number of primary amides is 1. The molecule has 1 saturated heterocycles. The first-order chi connectivity index (χ1) is 16.6. The Hall–Kier alpha value is -3.91. The van der Waals surface area contributed by atoms with Gasteiger partial charge < -0.3 is 25.4 Å². The summed E-state index contributed by atoms with van der Waals surface area (Å²) in [6.07, 6.45) is 4.47. The zero-order valence-electron chi connectivity index (χ0n) is 18.7. The highest BCUT2D eigenvalue weighted by Crippen LogP contribution is 2.36. The molecule has 2 aliphatic rings. The van der Waals surface area contributed by atoms with E-state index in [2.05, 4.69) is 15.2 Å². The topological polar surface area (TPSA) is 107 Å². The number of anilines is 2. The number of hydrogen-bond donors (Lipinski definition) is 2. The lowest BCUT2D eigenvalue weighted by Gasteiger charge is -2.28. The summed E-state index contributed by atoms with van der Waals surface area (Å²) in [5.41, 5.74) is 10.2. The van der Waals surface area contributed by atoms with Crippen molar-refractivity contribution in [3.63, 3.8) is 0 Å². The molecular weight excluding hydrogens is 432 g/mol. The maximum atomic E-state index is 12.8. The summed E-state index contributed by atoms with van der Waals surface area (Å²) in [5.74, 6) is -0.223. The van der Waals surface area contributed by atoms with Crippen LogP contribution in [0.15, 0.2) is 60.9 Å². The molecule has 1 aliphatic heterocycles. The molecule has 2 aromatic carbocycles. The molecule has 8 nitrogen and oxygen atoms in total. The fourth-order valence-electron chi connectivity index (χ4n) is 4.40. The average molecular weight is 459 g/mol. The maximum Gasteiger partial charge on any atom is 0.255 e. The number of aromatic nitrogens is 1. The third kappa shape index (κ3) is 4.72. The fourth-order valence-corrected chi connectivity index (χ4v) is 4.40. The maximum absolute atomic E-state index is 12.8. The number of nitrogens with zero attached hydrogens (tertiary/aromatic N) is 2. The van der Waals surface area contributed by atoms with Crippen LogP contribution in [0.5, 0.6) is 5.75 Å². The van der Waals surface area contributed by atoms with Crippen molar-refractivity contribution in [2.75, 3.05) is 36.5 Å². The molecule has 34 heavy (non-hydrogen) atoms. The van der Waals surface area contributed by atoms with E-state index in [1.54, 1.807) is 12.3 Å². The molecule has 0 radical (unpaired) electrons. The Labute approximate surface area is 197 Å². The van der Waals surface area contributed by atoms with Crippen LogP contribution < -0.4 is 20.7 Å². The first kappa shape index (κ1) is 21.9. The molecule has 1 aromatic heterocycles. The van der Waals surface area contributed by atoms with E-state index in [0.717, 1.165) is 50.4 Å². The summed E-state index contributed by atoms with van der Waals surface area (Å²) in [6.45, 7) is 3.15. The van der Waals surface area contributed by atoms with Gasteiger partial charge in [0.2, 0.25) is 5.91 Å². The van der Waals surface area contributed by atoms with Crippen molar-refractivity contribution >= 4 is 23.2 Å². The number of benzene rings is 2. The monoisotopic (exact) mass is 458 g/mol. The summed E-state index contributed by atoms with van der Waals surface area (Å²) in [6, 6.07) is 15.1. The van der Waals surface area contributed by atoms with Gasteiger partial charge in [-0.2, -0.15) is 0 Å². The van der Waals surface area contributed by atoms with Crippen LogP contribution in [-0.2, 0) is 11.2 Å². The second kappa shape index (κ2) is 9.52. The van der Waals surface area contributed by atoms with Gasteiger partial charge in [0, 0.05) is 36.2 Å². The van der Waals surface area contributed by atoms with E-state index in [1.807, 2.05) is 42.5 Å².